The minimum atomic E-state index is -0.557. The highest BCUT2D eigenvalue weighted by Crippen LogP contribution is 2.45. The molecule has 8 heteroatoms. The summed E-state index contributed by atoms with van der Waals surface area (Å²) in [6.45, 7) is 6.30. The lowest BCUT2D eigenvalue weighted by molar-refractivity contribution is -0.116. The van der Waals surface area contributed by atoms with Crippen LogP contribution in [0.5, 0.6) is 11.5 Å². The number of ketones is 1. The molecule has 3 N–H and O–H groups in total. The van der Waals surface area contributed by atoms with Crippen molar-refractivity contribution < 1.29 is 14.6 Å². The summed E-state index contributed by atoms with van der Waals surface area (Å²) in [5.41, 5.74) is 2.31. The van der Waals surface area contributed by atoms with Crippen molar-refractivity contribution in [2.24, 2.45) is 0 Å². The molecule has 0 spiro atoms. The molecule has 1 aliphatic heterocycles. The van der Waals surface area contributed by atoms with Crippen LogP contribution in [-0.2, 0) is 4.79 Å². The van der Waals surface area contributed by atoms with Crippen LogP contribution in [0.15, 0.2) is 39.4 Å². The lowest BCUT2D eigenvalue weighted by Gasteiger charge is -2.33. The van der Waals surface area contributed by atoms with Crippen molar-refractivity contribution in [3.8, 4) is 11.5 Å². The van der Waals surface area contributed by atoms with Crippen LogP contribution < -0.4 is 15.6 Å². The minimum absolute atomic E-state index is 0.0228. The van der Waals surface area contributed by atoms with Crippen LogP contribution in [0.2, 0.25) is 0 Å². The molecule has 0 saturated carbocycles. The van der Waals surface area contributed by atoms with Gasteiger partial charge in [0.1, 0.15) is 5.82 Å². The van der Waals surface area contributed by atoms with Gasteiger partial charge in [-0.1, -0.05) is 31.7 Å². The molecule has 7 nitrogen and oxygen atoms in total. The highest BCUT2D eigenvalue weighted by Gasteiger charge is 2.38. The van der Waals surface area contributed by atoms with Crippen LogP contribution in [-0.4, -0.2) is 32.7 Å². The van der Waals surface area contributed by atoms with Crippen molar-refractivity contribution in [3.05, 3.63) is 50.9 Å². The van der Waals surface area contributed by atoms with Gasteiger partial charge in [-0.15, -0.1) is 0 Å². The number of allylic oxidation sites excluding steroid dienone is 2. The summed E-state index contributed by atoms with van der Waals surface area (Å²) in [6, 6.07) is 4.99. The van der Waals surface area contributed by atoms with E-state index in [2.05, 4.69) is 15.3 Å². The number of aromatic hydroxyl groups is 1. The number of thioether (sulfide) groups is 1. The van der Waals surface area contributed by atoms with Gasteiger partial charge in [0.05, 0.1) is 12.2 Å². The van der Waals surface area contributed by atoms with Crippen LogP contribution in [0, 0.1) is 0 Å². The molecule has 2 heterocycles. The minimum Gasteiger partial charge on any atom is -0.504 e. The van der Waals surface area contributed by atoms with E-state index in [0.717, 1.165) is 24.1 Å². The molecule has 1 aromatic heterocycles. The average Bonchev–Trinajstić information content (AvgIpc) is 2.68. The summed E-state index contributed by atoms with van der Waals surface area (Å²) in [5, 5.41) is 14.2. The number of hydrogen-bond donors (Lipinski definition) is 3. The number of phenols is 1. The van der Waals surface area contributed by atoms with Gasteiger partial charge in [-0.25, -0.2) is 4.98 Å². The summed E-state index contributed by atoms with van der Waals surface area (Å²) in [5.74, 6) is 0.321. The molecule has 0 bridgehead atoms. The number of benzene rings is 1. The van der Waals surface area contributed by atoms with Gasteiger partial charge in [0.15, 0.2) is 22.4 Å². The zero-order chi connectivity index (χ0) is 21.4. The molecule has 1 aromatic carbocycles. The Morgan fingerprint density at radius 2 is 2.10 bits per heavy atom. The number of hydrogen-bond acceptors (Lipinski definition) is 7. The normalized spacial score (nSPS) is 18.1. The van der Waals surface area contributed by atoms with Crippen molar-refractivity contribution >= 4 is 23.4 Å². The zero-order valence-electron chi connectivity index (χ0n) is 17.2. The van der Waals surface area contributed by atoms with Crippen molar-refractivity contribution in [2.45, 2.75) is 56.4 Å². The molecule has 30 heavy (non-hydrogen) atoms. The molecule has 2 aliphatic rings. The van der Waals surface area contributed by atoms with E-state index in [0.29, 0.717) is 40.9 Å². The Morgan fingerprint density at radius 1 is 1.30 bits per heavy atom. The second-order valence-electron chi connectivity index (χ2n) is 7.69. The standard InChI is InChI=1S/C22H25N3O4S/c1-4-29-16-10-12(8-9-14(16)26)17-18-13(6-5-7-15(18)27)23-20-19(17)21(28)25-22(24-20)30-11(2)3/h8-11,17,26H,4-7H2,1-3H3,(H2,23,24,25,28). The monoisotopic (exact) mass is 427 g/mol. The maximum Gasteiger partial charge on any atom is 0.257 e. The molecule has 1 unspecified atom stereocenters. The van der Waals surface area contributed by atoms with E-state index < -0.39 is 5.92 Å². The van der Waals surface area contributed by atoms with Crippen molar-refractivity contribution in [1.82, 2.24) is 9.97 Å². The Labute approximate surface area is 179 Å². The number of Topliss-reactive ketones (excluding diaryl/α,β-unsaturated/α-hetero) is 1. The SMILES string of the molecule is CCOc1cc(C2C3=C(CCCC3=O)Nc3nc(SC(C)C)[nH]c(=O)c32)ccc1O. The van der Waals surface area contributed by atoms with Crippen LogP contribution >= 0.6 is 11.8 Å². The van der Waals surface area contributed by atoms with Crippen molar-refractivity contribution in [2.75, 3.05) is 11.9 Å². The smallest absolute Gasteiger partial charge is 0.257 e. The third-order valence-electron chi connectivity index (χ3n) is 5.20. The van der Waals surface area contributed by atoms with E-state index in [4.69, 9.17) is 4.74 Å². The van der Waals surface area contributed by atoms with E-state index in [-0.39, 0.29) is 22.3 Å². The Bertz CT molecular complexity index is 1090. The lowest BCUT2D eigenvalue weighted by Crippen LogP contribution is -2.32. The maximum atomic E-state index is 13.1. The van der Waals surface area contributed by atoms with Crippen LogP contribution in [0.25, 0.3) is 0 Å². The fourth-order valence-electron chi connectivity index (χ4n) is 4.03. The molecule has 0 saturated heterocycles. The summed E-state index contributed by atoms with van der Waals surface area (Å²) in [4.78, 5) is 33.6. The maximum absolute atomic E-state index is 13.1. The largest absolute Gasteiger partial charge is 0.504 e. The molecular weight excluding hydrogens is 402 g/mol. The average molecular weight is 428 g/mol. The van der Waals surface area contributed by atoms with Crippen LogP contribution in [0.1, 0.15) is 57.1 Å². The second kappa shape index (κ2) is 8.18. The first-order chi connectivity index (χ1) is 14.4. The van der Waals surface area contributed by atoms with Gasteiger partial charge in [-0.05, 0) is 37.5 Å². The molecule has 0 amide bonds. The fraction of sp³-hybridized carbons (Fsp3) is 0.409. The predicted octanol–water partition coefficient (Wildman–Crippen LogP) is 3.94. The molecule has 0 radical (unpaired) electrons. The molecule has 158 valence electrons. The fourth-order valence-corrected chi connectivity index (χ4v) is 4.78. The summed E-state index contributed by atoms with van der Waals surface area (Å²) in [6.07, 6.45) is 1.95. The number of H-pyrrole nitrogens is 1. The van der Waals surface area contributed by atoms with Gasteiger partial charge in [0.2, 0.25) is 0 Å². The first-order valence-corrected chi connectivity index (χ1v) is 11.1. The molecular formula is C22H25N3O4S. The number of anilines is 1. The Hall–Kier alpha value is -2.74. The first kappa shape index (κ1) is 20.5. The molecule has 4 rings (SSSR count). The number of nitrogens with zero attached hydrogens (tertiary/aromatic N) is 1. The Kier molecular flexibility index (Phi) is 5.60. The Balaban J connectivity index is 1.92. The first-order valence-electron chi connectivity index (χ1n) is 10.2. The lowest BCUT2D eigenvalue weighted by atomic mass is 9.76. The van der Waals surface area contributed by atoms with Gasteiger partial charge < -0.3 is 20.1 Å². The van der Waals surface area contributed by atoms with Crippen molar-refractivity contribution in [3.63, 3.8) is 0 Å². The number of carbonyl (C=O) groups is 1. The topological polar surface area (TPSA) is 104 Å². The van der Waals surface area contributed by atoms with E-state index in [1.807, 2.05) is 20.8 Å². The number of rotatable bonds is 5. The van der Waals surface area contributed by atoms with E-state index in [9.17, 15) is 14.7 Å². The number of carbonyl (C=O) groups excluding carboxylic acids is 1. The molecule has 0 fully saturated rings. The quantitative estimate of drug-likeness (QED) is 0.490. The Morgan fingerprint density at radius 3 is 2.83 bits per heavy atom. The second-order valence-corrected chi connectivity index (χ2v) is 9.25. The van der Waals surface area contributed by atoms with Gasteiger partial charge in [0.25, 0.3) is 5.56 Å². The van der Waals surface area contributed by atoms with Crippen LogP contribution in [0.3, 0.4) is 0 Å². The summed E-state index contributed by atoms with van der Waals surface area (Å²) < 4.78 is 5.54. The third kappa shape index (κ3) is 3.71. The zero-order valence-corrected chi connectivity index (χ0v) is 18.1. The number of aromatic nitrogens is 2. The van der Waals surface area contributed by atoms with Crippen molar-refractivity contribution in [1.29, 1.82) is 0 Å². The highest BCUT2D eigenvalue weighted by atomic mass is 32.2. The summed E-state index contributed by atoms with van der Waals surface area (Å²) >= 11 is 1.48. The molecule has 1 atom stereocenters. The van der Waals surface area contributed by atoms with E-state index in [1.165, 1.54) is 11.8 Å². The predicted molar refractivity (Wildman–Crippen MR) is 116 cm³/mol. The van der Waals surface area contributed by atoms with Gasteiger partial charge in [-0.3, -0.25) is 9.59 Å². The highest BCUT2D eigenvalue weighted by molar-refractivity contribution is 7.99. The molecule has 2 aromatic rings. The van der Waals surface area contributed by atoms with Crippen LogP contribution in [0.4, 0.5) is 5.82 Å². The molecule has 1 aliphatic carbocycles. The van der Waals surface area contributed by atoms with Gasteiger partial charge >= 0.3 is 0 Å². The number of nitrogens with one attached hydrogen (secondary N) is 2. The number of phenolic OH excluding ortho intramolecular Hbond substituents is 1. The number of ether oxygens (including phenoxy) is 1. The van der Waals surface area contributed by atoms with E-state index in [1.54, 1.807) is 18.2 Å². The summed E-state index contributed by atoms with van der Waals surface area (Å²) in [7, 11) is 0. The van der Waals surface area contributed by atoms with Gasteiger partial charge in [-0.2, -0.15) is 0 Å². The number of aromatic amines is 1. The number of fused-ring (bicyclic) bond motifs is 1. The third-order valence-corrected chi connectivity index (χ3v) is 6.09. The van der Waals surface area contributed by atoms with Gasteiger partial charge in [0, 0.05) is 28.9 Å². The van der Waals surface area contributed by atoms with E-state index >= 15 is 0 Å².